The smallest absolute Gasteiger partial charge is 0.241 e. The third-order valence-electron chi connectivity index (χ3n) is 3.73. The molecule has 5 heteroatoms. The van der Waals surface area contributed by atoms with Crippen LogP contribution in [0.25, 0.3) is 0 Å². The van der Waals surface area contributed by atoms with Gasteiger partial charge in [0.1, 0.15) is 0 Å². The van der Waals surface area contributed by atoms with Crippen molar-refractivity contribution in [3.63, 3.8) is 0 Å². The van der Waals surface area contributed by atoms with Gasteiger partial charge in [-0.3, -0.25) is 0 Å². The molecule has 1 aromatic carbocycles. The molecule has 2 N–H and O–H groups in total. The molecule has 1 saturated heterocycles. The molecule has 1 aliphatic rings. The van der Waals surface area contributed by atoms with Gasteiger partial charge in [-0.25, -0.2) is 13.1 Å². The number of nitrogens with one attached hydrogen (secondary N) is 2. The molecular formula is C15H24N2O2S. The zero-order valence-corrected chi connectivity index (χ0v) is 13.5. The Labute approximate surface area is 122 Å². The lowest BCUT2D eigenvalue weighted by molar-refractivity contribution is 0.557. The lowest BCUT2D eigenvalue weighted by atomic mass is 9.87. The van der Waals surface area contributed by atoms with Crippen molar-refractivity contribution in [3.8, 4) is 0 Å². The molecule has 0 radical (unpaired) electrons. The maximum absolute atomic E-state index is 12.5. The summed E-state index contributed by atoms with van der Waals surface area (Å²) in [6.45, 7) is 9.67. The Morgan fingerprint density at radius 2 is 2.00 bits per heavy atom. The molecule has 20 heavy (non-hydrogen) atoms. The molecule has 2 rings (SSSR count). The maximum Gasteiger partial charge on any atom is 0.241 e. The minimum Gasteiger partial charge on any atom is -0.315 e. The van der Waals surface area contributed by atoms with Crippen LogP contribution in [0.15, 0.2) is 23.1 Å². The van der Waals surface area contributed by atoms with Crippen LogP contribution in [-0.4, -0.2) is 27.5 Å². The van der Waals surface area contributed by atoms with Crippen molar-refractivity contribution in [2.75, 3.05) is 13.1 Å². The van der Waals surface area contributed by atoms with Gasteiger partial charge >= 0.3 is 0 Å². The number of hydrogen-bond donors (Lipinski definition) is 2. The van der Waals surface area contributed by atoms with Crippen LogP contribution in [-0.2, 0) is 15.4 Å². The van der Waals surface area contributed by atoms with E-state index in [0.29, 0.717) is 11.4 Å². The Morgan fingerprint density at radius 3 is 2.55 bits per heavy atom. The van der Waals surface area contributed by atoms with Crippen LogP contribution in [0.4, 0.5) is 0 Å². The highest BCUT2D eigenvalue weighted by molar-refractivity contribution is 7.89. The highest BCUT2D eigenvalue weighted by Gasteiger charge is 2.25. The van der Waals surface area contributed by atoms with Gasteiger partial charge in [-0.15, -0.1) is 0 Å². The van der Waals surface area contributed by atoms with Crippen molar-refractivity contribution >= 4 is 10.0 Å². The minimum absolute atomic E-state index is 0.00214. The second-order valence-electron chi connectivity index (χ2n) is 6.54. The van der Waals surface area contributed by atoms with Crippen molar-refractivity contribution in [1.82, 2.24) is 10.0 Å². The van der Waals surface area contributed by atoms with E-state index in [1.807, 2.05) is 19.1 Å². The summed E-state index contributed by atoms with van der Waals surface area (Å²) in [4.78, 5) is 0.400. The molecule has 1 heterocycles. The predicted octanol–water partition coefficient (Wildman–Crippen LogP) is 1.93. The summed E-state index contributed by atoms with van der Waals surface area (Å²) < 4.78 is 27.9. The fourth-order valence-corrected chi connectivity index (χ4v) is 3.94. The van der Waals surface area contributed by atoms with E-state index in [9.17, 15) is 8.42 Å². The molecule has 1 aromatic rings. The van der Waals surface area contributed by atoms with E-state index >= 15 is 0 Å². The van der Waals surface area contributed by atoms with E-state index in [0.717, 1.165) is 24.1 Å². The Bertz CT molecular complexity index is 582. The molecule has 0 spiro atoms. The lowest BCUT2D eigenvalue weighted by Crippen LogP contribution is -2.36. The number of sulfonamides is 1. The molecule has 4 nitrogen and oxygen atoms in total. The van der Waals surface area contributed by atoms with Gasteiger partial charge in [0, 0.05) is 12.6 Å². The summed E-state index contributed by atoms with van der Waals surface area (Å²) in [6.07, 6.45) is 0.844. The normalized spacial score (nSPS) is 20.3. The van der Waals surface area contributed by atoms with Crippen LogP contribution >= 0.6 is 0 Å². The van der Waals surface area contributed by atoms with Gasteiger partial charge in [-0.1, -0.05) is 32.9 Å². The minimum atomic E-state index is -3.45. The summed E-state index contributed by atoms with van der Waals surface area (Å²) >= 11 is 0. The van der Waals surface area contributed by atoms with Crippen LogP contribution in [0.1, 0.15) is 38.3 Å². The Balaban J connectivity index is 2.35. The van der Waals surface area contributed by atoms with E-state index < -0.39 is 10.0 Å². The standard InChI is InChI=1S/C15H24N2O2S/c1-11-5-6-12(15(2,3)4)9-14(11)20(18,19)17-13-7-8-16-10-13/h5-6,9,13,16-17H,7-8,10H2,1-4H3/t13-/m1/s1. The molecule has 1 atom stereocenters. The van der Waals surface area contributed by atoms with Gasteiger partial charge in [-0.2, -0.15) is 0 Å². The van der Waals surface area contributed by atoms with Crippen molar-refractivity contribution < 1.29 is 8.42 Å². The van der Waals surface area contributed by atoms with E-state index in [2.05, 4.69) is 30.8 Å². The van der Waals surface area contributed by atoms with E-state index in [1.54, 1.807) is 6.07 Å². The number of aryl methyl sites for hydroxylation is 1. The molecule has 0 unspecified atom stereocenters. The number of hydrogen-bond acceptors (Lipinski definition) is 3. The van der Waals surface area contributed by atoms with Gasteiger partial charge < -0.3 is 5.32 Å². The average molecular weight is 296 g/mol. The van der Waals surface area contributed by atoms with E-state index in [-0.39, 0.29) is 11.5 Å². The summed E-state index contributed by atoms with van der Waals surface area (Å²) in [7, 11) is -3.45. The van der Waals surface area contributed by atoms with Crippen LogP contribution in [0, 0.1) is 6.92 Å². The molecule has 0 bridgehead atoms. The zero-order valence-electron chi connectivity index (χ0n) is 12.7. The fourth-order valence-electron chi connectivity index (χ4n) is 2.39. The van der Waals surface area contributed by atoms with Crippen molar-refractivity contribution in [2.45, 2.75) is 50.5 Å². The topological polar surface area (TPSA) is 58.2 Å². The summed E-state index contributed by atoms with van der Waals surface area (Å²) in [5, 5.41) is 3.17. The van der Waals surface area contributed by atoms with Crippen molar-refractivity contribution in [3.05, 3.63) is 29.3 Å². The van der Waals surface area contributed by atoms with Crippen molar-refractivity contribution in [2.24, 2.45) is 0 Å². The molecule has 112 valence electrons. The van der Waals surface area contributed by atoms with Gasteiger partial charge in [0.25, 0.3) is 0 Å². The highest BCUT2D eigenvalue weighted by atomic mass is 32.2. The third-order valence-corrected chi connectivity index (χ3v) is 5.39. The molecule has 1 fully saturated rings. The molecule has 0 aromatic heterocycles. The first kappa shape index (κ1) is 15.5. The SMILES string of the molecule is Cc1ccc(C(C)(C)C)cc1S(=O)(=O)N[C@@H]1CCNC1. The number of benzene rings is 1. The molecule has 0 amide bonds. The molecule has 1 aliphatic heterocycles. The van der Waals surface area contributed by atoms with Crippen molar-refractivity contribution in [1.29, 1.82) is 0 Å². The predicted molar refractivity (Wildman–Crippen MR) is 81.5 cm³/mol. The first-order valence-corrected chi connectivity index (χ1v) is 8.53. The largest absolute Gasteiger partial charge is 0.315 e. The Kier molecular flexibility index (Phi) is 4.23. The second kappa shape index (κ2) is 5.47. The average Bonchev–Trinajstić information content (AvgIpc) is 2.79. The third kappa shape index (κ3) is 3.40. The second-order valence-corrected chi connectivity index (χ2v) is 8.22. The van der Waals surface area contributed by atoms with Gasteiger partial charge in [0.05, 0.1) is 4.90 Å². The lowest BCUT2D eigenvalue weighted by Gasteiger charge is -2.21. The van der Waals surface area contributed by atoms with Crippen LogP contribution in [0.3, 0.4) is 0 Å². The summed E-state index contributed by atoms with van der Waals surface area (Å²) in [5.74, 6) is 0. The maximum atomic E-state index is 12.5. The summed E-state index contributed by atoms with van der Waals surface area (Å²) in [6, 6.07) is 5.70. The van der Waals surface area contributed by atoms with Crippen LogP contribution in [0.5, 0.6) is 0 Å². The molecule has 0 aliphatic carbocycles. The van der Waals surface area contributed by atoms with Gasteiger partial charge in [-0.05, 0) is 42.5 Å². The van der Waals surface area contributed by atoms with Crippen LogP contribution in [0.2, 0.25) is 0 Å². The van der Waals surface area contributed by atoms with Gasteiger partial charge in [0.2, 0.25) is 10.0 Å². The van der Waals surface area contributed by atoms with Gasteiger partial charge in [0.15, 0.2) is 0 Å². The zero-order chi connectivity index (χ0) is 15.0. The van der Waals surface area contributed by atoms with Crippen LogP contribution < -0.4 is 10.0 Å². The van der Waals surface area contributed by atoms with E-state index in [4.69, 9.17) is 0 Å². The highest BCUT2D eigenvalue weighted by Crippen LogP contribution is 2.26. The first-order chi connectivity index (χ1) is 9.20. The Morgan fingerprint density at radius 1 is 1.30 bits per heavy atom. The Hall–Kier alpha value is -0.910. The number of rotatable bonds is 3. The summed E-state index contributed by atoms with van der Waals surface area (Å²) in [5.41, 5.74) is 1.76. The van der Waals surface area contributed by atoms with E-state index in [1.165, 1.54) is 0 Å². The first-order valence-electron chi connectivity index (χ1n) is 7.04. The monoisotopic (exact) mass is 296 g/mol. The molecular weight excluding hydrogens is 272 g/mol. The fraction of sp³-hybridized carbons (Fsp3) is 0.600. The quantitative estimate of drug-likeness (QED) is 0.896. The molecule has 0 saturated carbocycles.